The van der Waals surface area contributed by atoms with Crippen LogP contribution in [0.5, 0.6) is 0 Å². The van der Waals surface area contributed by atoms with Crippen LogP contribution in [0, 0.1) is 0 Å². The number of nitrogens with zero attached hydrogens (tertiary/aromatic N) is 3. The van der Waals surface area contributed by atoms with Gasteiger partial charge in [-0.2, -0.15) is 15.2 Å². The second-order valence-corrected chi connectivity index (χ2v) is 3.84. The molecule has 1 atom stereocenters. The molecule has 2 heterocycles. The van der Waals surface area contributed by atoms with E-state index in [1.165, 1.54) is 6.20 Å². The Morgan fingerprint density at radius 3 is 2.63 bits per heavy atom. The molecular weight excluding hydrogens is 272 g/mol. The minimum atomic E-state index is -3.45. The van der Waals surface area contributed by atoms with Crippen molar-refractivity contribution in [1.82, 2.24) is 15.2 Å². The molecule has 19 heavy (non-hydrogen) atoms. The fourth-order valence-electron chi connectivity index (χ4n) is 1.59. The molecule has 104 valence electrons. The number of hydrazone groups is 1. The van der Waals surface area contributed by atoms with Crippen molar-refractivity contribution in [2.24, 2.45) is 5.10 Å². The number of aromatic amines is 1. The van der Waals surface area contributed by atoms with Gasteiger partial charge in [-0.25, -0.2) is 17.6 Å². The van der Waals surface area contributed by atoms with Crippen LogP contribution in [0.15, 0.2) is 17.4 Å². The zero-order chi connectivity index (χ0) is 14.2. The lowest BCUT2D eigenvalue weighted by atomic mass is 10.1. The summed E-state index contributed by atoms with van der Waals surface area (Å²) in [6.07, 6.45) is -6.52. The average Bonchev–Trinajstić information content (AvgIpc) is 2.95. The SMILES string of the molecule is O=C(c1ccn[nH]1)N1N=C(C(F)F)CC1(O)C(F)F. The molecule has 1 aliphatic heterocycles. The first kappa shape index (κ1) is 13.5. The van der Waals surface area contributed by atoms with Crippen molar-refractivity contribution in [3.8, 4) is 0 Å². The summed E-state index contributed by atoms with van der Waals surface area (Å²) in [5, 5.41) is 18.3. The van der Waals surface area contributed by atoms with Gasteiger partial charge in [0.15, 0.2) is 0 Å². The number of alkyl halides is 4. The van der Waals surface area contributed by atoms with E-state index in [9.17, 15) is 27.5 Å². The number of hydrogen-bond donors (Lipinski definition) is 2. The highest BCUT2D eigenvalue weighted by Gasteiger charge is 2.53. The molecule has 6 nitrogen and oxygen atoms in total. The summed E-state index contributed by atoms with van der Waals surface area (Å²) in [5.74, 6) is -1.17. The van der Waals surface area contributed by atoms with E-state index in [4.69, 9.17) is 0 Å². The smallest absolute Gasteiger partial charge is 0.294 e. The Bertz CT molecular complexity index is 504. The third-order valence-corrected chi connectivity index (χ3v) is 2.56. The molecule has 1 unspecified atom stereocenters. The molecule has 0 fully saturated rings. The van der Waals surface area contributed by atoms with Gasteiger partial charge in [-0.05, 0) is 6.07 Å². The first-order chi connectivity index (χ1) is 8.86. The Balaban J connectivity index is 2.36. The zero-order valence-electron chi connectivity index (χ0n) is 9.23. The third-order valence-electron chi connectivity index (χ3n) is 2.56. The minimum absolute atomic E-state index is 0.0350. The summed E-state index contributed by atoms with van der Waals surface area (Å²) in [6.45, 7) is 0. The molecule has 2 N–H and O–H groups in total. The van der Waals surface area contributed by atoms with E-state index < -0.39 is 36.6 Å². The first-order valence-electron chi connectivity index (χ1n) is 5.06. The monoisotopic (exact) mass is 280 g/mol. The van der Waals surface area contributed by atoms with Crippen LogP contribution >= 0.6 is 0 Å². The predicted molar refractivity (Wildman–Crippen MR) is 53.8 cm³/mol. The van der Waals surface area contributed by atoms with Crippen molar-refractivity contribution in [3.63, 3.8) is 0 Å². The van der Waals surface area contributed by atoms with E-state index >= 15 is 0 Å². The van der Waals surface area contributed by atoms with Crippen LogP contribution in [0.25, 0.3) is 0 Å². The van der Waals surface area contributed by atoms with Gasteiger partial charge in [0.1, 0.15) is 11.4 Å². The Labute approximate surface area is 103 Å². The summed E-state index contributed by atoms with van der Waals surface area (Å²) >= 11 is 0. The second kappa shape index (κ2) is 4.61. The molecular formula is C9H8F4N4O2. The lowest BCUT2D eigenvalue weighted by Crippen LogP contribution is -2.51. The Morgan fingerprint density at radius 2 is 2.16 bits per heavy atom. The number of aromatic nitrogens is 2. The van der Waals surface area contributed by atoms with Crippen LogP contribution in [0.1, 0.15) is 16.9 Å². The Kier molecular flexibility index (Phi) is 3.27. The largest absolute Gasteiger partial charge is 0.364 e. The molecule has 1 aromatic heterocycles. The van der Waals surface area contributed by atoms with E-state index in [2.05, 4.69) is 15.3 Å². The maximum Gasteiger partial charge on any atom is 0.294 e. The molecule has 0 aromatic carbocycles. The Morgan fingerprint density at radius 1 is 1.47 bits per heavy atom. The molecule has 1 aromatic rings. The molecule has 0 saturated carbocycles. The maximum absolute atomic E-state index is 12.8. The molecule has 1 aliphatic rings. The number of rotatable bonds is 3. The number of hydrogen-bond acceptors (Lipinski definition) is 4. The van der Waals surface area contributed by atoms with Crippen LogP contribution in [0.4, 0.5) is 17.6 Å². The van der Waals surface area contributed by atoms with Crippen LogP contribution in [-0.4, -0.2) is 50.5 Å². The topological polar surface area (TPSA) is 81.6 Å². The van der Waals surface area contributed by atoms with Gasteiger partial charge in [0.2, 0.25) is 5.72 Å². The quantitative estimate of drug-likeness (QED) is 0.805. The van der Waals surface area contributed by atoms with Gasteiger partial charge in [0.25, 0.3) is 18.8 Å². The zero-order valence-corrected chi connectivity index (χ0v) is 9.23. The van der Waals surface area contributed by atoms with Crippen molar-refractivity contribution in [3.05, 3.63) is 18.0 Å². The fraction of sp³-hybridized carbons (Fsp3) is 0.444. The normalized spacial score (nSPS) is 23.3. The minimum Gasteiger partial charge on any atom is -0.364 e. The van der Waals surface area contributed by atoms with Gasteiger partial charge in [0.05, 0.1) is 0 Å². The van der Waals surface area contributed by atoms with Crippen LogP contribution in [-0.2, 0) is 0 Å². The van der Waals surface area contributed by atoms with Crippen molar-refractivity contribution >= 4 is 11.6 Å². The number of H-pyrrole nitrogens is 1. The standard InChI is InChI=1S/C9H8F4N4O2/c10-6(11)5-3-9(19,8(12)13)17(16-5)7(18)4-1-2-14-15-4/h1-2,6,8,19H,3H2,(H,14,15). The van der Waals surface area contributed by atoms with Crippen LogP contribution in [0.3, 0.4) is 0 Å². The number of nitrogens with one attached hydrogen (secondary N) is 1. The number of carbonyl (C=O) groups excluding carboxylic acids is 1. The van der Waals surface area contributed by atoms with Crippen molar-refractivity contribution < 1.29 is 27.5 Å². The Hall–Kier alpha value is -1.97. The van der Waals surface area contributed by atoms with Crippen molar-refractivity contribution in [1.29, 1.82) is 0 Å². The summed E-state index contributed by atoms with van der Waals surface area (Å²) in [4.78, 5) is 11.8. The van der Waals surface area contributed by atoms with E-state index in [0.717, 1.165) is 6.07 Å². The lowest BCUT2D eigenvalue weighted by Gasteiger charge is -2.29. The highest BCUT2D eigenvalue weighted by Crippen LogP contribution is 2.33. The van der Waals surface area contributed by atoms with Gasteiger partial charge in [0, 0.05) is 12.6 Å². The van der Waals surface area contributed by atoms with Gasteiger partial charge in [-0.3, -0.25) is 9.89 Å². The number of aliphatic hydroxyl groups is 1. The molecule has 0 aliphatic carbocycles. The summed E-state index contributed by atoms with van der Waals surface area (Å²) < 4.78 is 50.6. The summed E-state index contributed by atoms with van der Waals surface area (Å²) in [6, 6.07) is 1.14. The lowest BCUT2D eigenvalue weighted by molar-refractivity contribution is -0.164. The number of carbonyl (C=O) groups is 1. The third kappa shape index (κ3) is 2.18. The van der Waals surface area contributed by atoms with E-state index in [-0.39, 0.29) is 10.7 Å². The molecule has 1 amide bonds. The fourth-order valence-corrected chi connectivity index (χ4v) is 1.59. The van der Waals surface area contributed by atoms with Crippen LogP contribution < -0.4 is 0 Å². The number of amides is 1. The second-order valence-electron chi connectivity index (χ2n) is 3.84. The van der Waals surface area contributed by atoms with Crippen LogP contribution in [0.2, 0.25) is 0 Å². The number of halogens is 4. The summed E-state index contributed by atoms with van der Waals surface area (Å²) in [7, 11) is 0. The van der Waals surface area contributed by atoms with E-state index in [1.807, 2.05) is 0 Å². The molecule has 0 saturated heterocycles. The maximum atomic E-state index is 12.8. The van der Waals surface area contributed by atoms with E-state index in [0.29, 0.717) is 0 Å². The van der Waals surface area contributed by atoms with Gasteiger partial charge < -0.3 is 5.11 Å². The van der Waals surface area contributed by atoms with Crippen molar-refractivity contribution in [2.75, 3.05) is 0 Å². The molecule has 0 spiro atoms. The molecule has 0 radical (unpaired) electrons. The average molecular weight is 280 g/mol. The predicted octanol–water partition coefficient (Wildman–Crippen LogP) is 0.830. The van der Waals surface area contributed by atoms with Crippen molar-refractivity contribution in [2.45, 2.75) is 25.0 Å². The molecule has 2 rings (SSSR count). The van der Waals surface area contributed by atoms with Gasteiger partial charge in [-0.1, -0.05) is 0 Å². The highest BCUT2D eigenvalue weighted by molar-refractivity contribution is 5.97. The molecule has 10 heteroatoms. The highest BCUT2D eigenvalue weighted by atomic mass is 19.3. The van der Waals surface area contributed by atoms with Gasteiger partial charge in [-0.15, -0.1) is 0 Å². The van der Waals surface area contributed by atoms with E-state index in [1.54, 1.807) is 0 Å². The first-order valence-corrected chi connectivity index (χ1v) is 5.06. The van der Waals surface area contributed by atoms with Gasteiger partial charge >= 0.3 is 0 Å². The summed E-state index contributed by atoms with van der Waals surface area (Å²) in [5.41, 5.74) is -4.30. The molecule has 0 bridgehead atoms.